The van der Waals surface area contributed by atoms with E-state index in [0.717, 1.165) is 31.6 Å². The fraction of sp³-hybridized carbons (Fsp3) is 0.476. The lowest BCUT2D eigenvalue weighted by Gasteiger charge is -2.35. The van der Waals surface area contributed by atoms with E-state index in [1.165, 1.54) is 5.56 Å². The number of hydrogen-bond donors (Lipinski definition) is 0. The van der Waals surface area contributed by atoms with Crippen LogP contribution in [0.5, 0.6) is 0 Å². The molecule has 0 radical (unpaired) electrons. The molecular formula is C21H27N3O. The van der Waals surface area contributed by atoms with Crippen molar-refractivity contribution in [2.75, 3.05) is 6.54 Å². The number of hydrogen-bond acceptors (Lipinski definition) is 3. The Hall–Kier alpha value is -2.23. The molecule has 2 aromatic rings. The molecule has 1 atom stereocenters. The smallest absolute Gasteiger partial charge is 0.257 e. The van der Waals surface area contributed by atoms with E-state index in [9.17, 15) is 4.79 Å². The monoisotopic (exact) mass is 337 g/mol. The molecule has 4 heteroatoms. The van der Waals surface area contributed by atoms with E-state index in [4.69, 9.17) is 0 Å². The second-order valence-corrected chi connectivity index (χ2v) is 8.27. The van der Waals surface area contributed by atoms with Gasteiger partial charge < -0.3 is 4.90 Å². The normalized spacial score (nSPS) is 20.7. The Morgan fingerprint density at radius 3 is 2.40 bits per heavy atom. The van der Waals surface area contributed by atoms with Crippen LogP contribution in [-0.2, 0) is 11.8 Å². The van der Waals surface area contributed by atoms with Gasteiger partial charge >= 0.3 is 0 Å². The largest absolute Gasteiger partial charge is 0.333 e. The van der Waals surface area contributed by atoms with Gasteiger partial charge in [0.25, 0.3) is 5.91 Å². The molecule has 0 aliphatic carbocycles. The topological polar surface area (TPSA) is 46.1 Å². The first-order valence-electron chi connectivity index (χ1n) is 8.98. The minimum Gasteiger partial charge on any atom is -0.333 e. The number of likely N-dealkylation sites (tertiary alicyclic amines) is 1. The van der Waals surface area contributed by atoms with E-state index in [1.807, 2.05) is 11.0 Å². The van der Waals surface area contributed by atoms with Crippen molar-refractivity contribution in [1.29, 1.82) is 0 Å². The molecule has 1 unspecified atom stereocenters. The lowest BCUT2D eigenvalue weighted by Crippen LogP contribution is -2.46. The number of aromatic nitrogens is 2. The molecule has 1 aliphatic heterocycles. The first-order valence-corrected chi connectivity index (χ1v) is 8.98. The minimum atomic E-state index is -0.152. The Bertz CT molecular complexity index is 734. The van der Waals surface area contributed by atoms with Crippen LogP contribution in [0.3, 0.4) is 0 Å². The molecule has 1 fully saturated rings. The van der Waals surface area contributed by atoms with Crippen molar-refractivity contribution in [2.45, 2.75) is 57.9 Å². The molecule has 0 bridgehead atoms. The third-order valence-electron chi connectivity index (χ3n) is 4.99. The molecule has 2 heterocycles. The molecule has 0 N–H and O–H groups in total. The SMILES string of the molecule is CC(C)(C)c1ncc(C(=O)N2CCCC2(C)Cc2ccccc2)cn1. The van der Waals surface area contributed by atoms with Gasteiger partial charge in [0.2, 0.25) is 0 Å². The highest BCUT2D eigenvalue weighted by atomic mass is 16.2. The Kier molecular flexibility index (Phi) is 4.63. The van der Waals surface area contributed by atoms with Crippen LogP contribution in [0, 0.1) is 0 Å². The maximum atomic E-state index is 13.1. The van der Waals surface area contributed by atoms with Crippen LogP contribution in [0.2, 0.25) is 0 Å². The third kappa shape index (κ3) is 3.73. The van der Waals surface area contributed by atoms with Gasteiger partial charge in [-0.2, -0.15) is 0 Å². The predicted octanol–water partition coefficient (Wildman–Crippen LogP) is 4.01. The molecular weight excluding hydrogens is 310 g/mol. The second-order valence-electron chi connectivity index (χ2n) is 8.27. The van der Waals surface area contributed by atoms with E-state index in [0.29, 0.717) is 5.56 Å². The number of amides is 1. The zero-order valence-electron chi connectivity index (χ0n) is 15.6. The molecule has 25 heavy (non-hydrogen) atoms. The predicted molar refractivity (Wildman–Crippen MR) is 99.6 cm³/mol. The van der Waals surface area contributed by atoms with Crippen molar-refractivity contribution in [3.05, 3.63) is 59.7 Å². The molecule has 1 aliphatic rings. The second kappa shape index (κ2) is 6.58. The molecule has 4 nitrogen and oxygen atoms in total. The van der Waals surface area contributed by atoms with Crippen molar-refractivity contribution in [2.24, 2.45) is 0 Å². The summed E-state index contributed by atoms with van der Waals surface area (Å²) in [5, 5.41) is 0. The minimum absolute atomic E-state index is 0.0383. The lowest BCUT2D eigenvalue weighted by atomic mass is 9.90. The van der Waals surface area contributed by atoms with Crippen molar-refractivity contribution < 1.29 is 4.79 Å². The van der Waals surface area contributed by atoms with Crippen molar-refractivity contribution in [3.8, 4) is 0 Å². The highest BCUT2D eigenvalue weighted by Gasteiger charge is 2.40. The van der Waals surface area contributed by atoms with Crippen LogP contribution >= 0.6 is 0 Å². The van der Waals surface area contributed by atoms with Crippen LogP contribution in [0.25, 0.3) is 0 Å². The first kappa shape index (κ1) is 17.6. The Balaban J connectivity index is 1.81. The first-order chi connectivity index (χ1) is 11.8. The lowest BCUT2D eigenvalue weighted by molar-refractivity contribution is 0.0623. The van der Waals surface area contributed by atoms with Gasteiger partial charge in [0.1, 0.15) is 5.82 Å². The van der Waals surface area contributed by atoms with Gasteiger partial charge in [0, 0.05) is 29.9 Å². The van der Waals surface area contributed by atoms with Crippen LogP contribution in [0.1, 0.15) is 62.3 Å². The van der Waals surface area contributed by atoms with E-state index in [-0.39, 0.29) is 16.9 Å². The van der Waals surface area contributed by atoms with Gasteiger partial charge in [0.05, 0.1) is 5.56 Å². The molecule has 1 aromatic heterocycles. The van der Waals surface area contributed by atoms with E-state index < -0.39 is 0 Å². The molecule has 1 amide bonds. The number of nitrogens with zero attached hydrogens (tertiary/aromatic N) is 3. The number of benzene rings is 1. The summed E-state index contributed by atoms with van der Waals surface area (Å²) in [4.78, 5) is 23.9. The summed E-state index contributed by atoms with van der Waals surface area (Å²) in [6, 6.07) is 10.4. The molecule has 1 aromatic carbocycles. The maximum Gasteiger partial charge on any atom is 0.257 e. The number of carbonyl (C=O) groups is 1. The van der Waals surface area contributed by atoms with Crippen molar-refractivity contribution in [1.82, 2.24) is 14.9 Å². The Morgan fingerprint density at radius 1 is 1.16 bits per heavy atom. The summed E-state index contributed by atoms with van der Waals surface area (Å²) >= 11 is 0. The van der Waals surface area contributed by atoms with Gasteiger partial charge in [-0.3, -0.25) is 4.79 Å². The van der Waals surface area contributed by atoms with Gasteiger partial charge in [-0.1, -0.05) is 51.1 Å². The fourth-order valence-electron chi connectivity index (χ4n) is 3.57. The highest BCUT2D eigenvalue weighted by Crippen LogP contribution is 2.33. The summed E-state index contributed by atoms with van der Waals surface area (Å²) in [6.07, 6.45) is 6.29. The summed E-state index contributed by atoms with van der Waals surface area (Å²) < 4.78 is 0. The van der Waals surface area contributed by atoms with Crippen LogP contribution < -0.4 is 0 Å². The Labute approximate surface area is 150 Å². The number of rotatable bonds is 3. The Morgan fingerprint density at radius 2 is 1.80 bits per heavy atom. The van der Waals surface area contributed by atoms with Gasteiger partial charge in [-0.15, -0.1) is 0 Å². The molecule has 132 valence electrons. The van der Waals surface area contributed by atoms with Crippen molar-refractivity contribution in [3.63, 3.8) is 0 Å². The van der Waals surface area contributed by atoms with Crippen LogP contribution in [-0.4, -0.2) is 32.9 Å². The average Bonchev–Trinajstić information content (AvgIpc) is 2.95. The standard InChI is InChI=1S/C21H27N3O/c1-20(2,3)19-22-14-17(15-23-19)18(25)24-12-8-11-21(24,4)13-16-9-6-5-7-10-16/h5-7,9-10,14-15H,8,11-13H2,1-4H3. The summed E-state index contributed by atoms with van der Waals surface area (Å²) in [5.41, 5.74) is 1.58. The summed E-state index contributed by atoms with van der Waals surface area (Å²) in [7, 11) is 0. The molecule has 1 saturated heterocycles. The fourth-order valence-corrected chi connectivity index (χ4v) is 3.57. The molecule has 3 rings (SSSR count). The zero-order chi connectivity index (χ0) is 18.1. The molecule has 0 saturated carbocycles. The van der Waals surface area contributed by atoms with Crippen LogP contribution in [0.15, 0.2) is 42.7 Å². The van der Waals surface area contributed by atoms with Gasteiger partial charge in [-0.25, -0.2) is 9.97 Å². The summed E-state index contributed by atoms with van der Waals surface area (Å²) in [5.74, 6) is 0.800. The van der Waals surface area contributed by atoms with E-state index in [2.05, 4.69) is 61.9 Å². The summed E-state index contributed by atoms with van der Waals surface area (Å²) in [6.45, 7) is 9.20. The van der Waals surface area contributed by atoms with Gasteiger partial charge in [-0.05, 0) is 31.7 Å². The van der Waals surface area contributed by atoms with Crippen molar-refractivity contribution >= 4 is 5.91 Å². The van der Waals surface area contributed by atoms with E-state index >= 15 is 0 Å². The average molecular weight is 337 g/mol. The van der Waals surface area contributed by atoms with Crippen LogP contribution in [0.4, 0.5) is 0 Å². The van der Waals surface area contributed by atoms with E-state index in [1.54, 1.807) is 12.4 Å². The third-order valence-corrected chi connectivity index (χ3v) is 4.99. The zero-order valence-corrected chi connectivity index (χ0v) is 15.6. The number of carbonyl (C=O) groups excluding carboxylic acids is 1. The maximum absolute atomic E-state index is 13.1. The van der Waals surface area contributed by atoms with Gasteiger partial charge in [0.15, 0.2) is 0 Å². The quantitative estimate of drug-likeness (QED) is 0.850. The highest BCUT2D eigenvalue weighted by molar-refractivity contribution is 5.94. The molecule has 0 spiro atoms.